The highest BCUT2D eigenvalue weighted by Crippen LogP contribution is 2.15. The molecule has 0 bridgehead atoms. The first-order valence-electron chi connectivity index (χ1n) is 5.46. The molecule has 0 fully saturated rings. The van der Waals surface area contributed by atoms with E-state index in [0.717, 1.165) is 12.8 Å². The summed E-state index contributed by atoms with van der Waals surface area (Å²) in [5, 5.41) is 0. The Balaban J connectivity index is 2.50. The summed E-state index contributed by atoms with van der Waals surface area (Å²) in [4.78, 5) is 3.91. The molecule has 1 atom stereocenters. The Bertz CT molecular complexity index is 422. The average Bonchev–Trinajstić information content (AvgIpc) is 2.26. The Morgan fingerprint density at radius 2 is 2.29 bits per heavy atom. The molecule has 0 saturated carbocycles. The van der Waals surface area contributed by atoms with Crippen LogP contribution in [0.3, 0.4) is 0 Å². The highest BCUT2D eigenvalue weighted by atomic mass is 35.7. The van der Waals surface area contributed by atoms with E-state index in [1.807, 2.05) is 6.92 Å². The molecule has 0 aliphatic rings. The number of pyridine rings is 1. The summed E-state index contributed by atoms with van der Waals surface area (Å²) in [5.74, 6) is 0.506. The molecule has 1 rings (SSSR count). The molecule has 0 aliphatic heterocycles. The van der Waals surface area contributed by atoms with Crippen LogP contribution in [0.25, 0.3) is 0 Å². The second kappa shape index (κ2) is 6.81. The van der Waals surface area contributed by atoms with Crippen LogP contribution >= 0.6 is 10.7 Å². The quantitative estimate of drug-likeness (QED) is 0.719. The molecule has 1 aromatic heterocycles. The minimum absolute atomic E-state index is 0.0529. The smallest absolute Gasteiger partial charge is 0.232 e. The molecule has 0 aliphatic carbocycles. The fourth-order valence-corrected chi connectivity index (χ4v) is 2.91. The van der Waals surface area contributed by atoms with Crippen LogP contribution in [0.15, 0.2) is 24.5 Å². The van der Waals surface area contributed by atoms with Crippen molar-refractivity contribution >= 4 is 19.7 Å². The summed E-state index contributed by atoms with van der Waals surface area (Å²) < 4.78 is 27.5. The van der Waals surface area contributed by atoms with Gasteiger partial charge in [-0.05, 0) is 18.6 Å². The minimum Gasteiger partial charge on any atom is -0.492 e. The number of hydrogen-bond acceptors (Lipinski definition) is 4. The van der Waals surface area contributed by atoms with Crippen molar-refractivity contribution < 1.29 is 13.2 Å². The number of hydrogen-bond donors (Lipinski definition) is 0. The van der Waals surface area contributed by atoms with Gasteiger partial charge in [-0.25, -0.2) is 8.42 Å². The third kappa shape index (κ3) is 6.48. The van der Waals surface area contributed by atoms with Crippen molar-refractivity contribution in [2.24, 2.45) is 5.92 Å². The maximum atomic E-state index is 11.0. The SMILES string of the molecule is CCCC(COc1cccnc1)CS(=O)(=O)Cl. The van der Waals surface area contributed by atoms with Crippen LogP contribution in [-0.4, -0.2) is 25.8 Å². The second-order valence-electron chi connectivity index (χ2n) is 3.86. The molecule has 4 nitrogen and oxygen atoms in total. The van der Waals surface area contributed by atoms with Gasteiger partial charge in [0.25, 0.3) is 0 Å². The van der Waals surface area contributed by atoms with Crippen LogP contribution in [-0.2, 0) is 9.05 Å². The molecule has 0 amide bonds. The van der Waals surface area contributed by atoms with Crippen molar-refractivity contribution in [3.63, 3.8) is 0 Å². The van der Waals surface area contributed by atoms with E-state index >= 15 is 0 Å². The first-order valence-corrected chi connectivity index (χ1v) is 7.94. The van der Waals surface area contributed by atoms with Gasteiger partial charge in [0.05, 0.1) is 18.6 Å². The summed E-state index contributed by atoms with van der Waals surface area (Å²) in [6.07, 6.45) is 4.91. The Morgan fingerprint density at radius 3 is 2.82 bits per heavy atom. The van der Waals surface area contributed by atoms with Crippen molar-refractivity contribution in [2.45, 2.75) is 19.8 Å². The molecule has 0 radical (unpaired) electrons. The average molecular weight is 278 g/mol. The predicted molar refractivity (Wildman–Crippen MR) is 67.8 cm³/mol. The summed E-state index contributed by atoms with van der Waals surface area (Å²) in [7, 11) is 1.78. The summed E-state index contributed by atoms with van der Waals surface area (Å²) in [6, 6.07) is 3.55. The lowest BCUT2D eigenvalue weighted by Crippen LogP contribution is -2.19. The van der Waals surface area contributed by atoms with E-state index in [-0.39, 0.29) is 11.7 Å². The highest BCUT2D eigenvalue weighted by molar-refractivity contribution is 8.13. The van der Waals surface area contributed by atoms with E-state index in [9.17, 15) is 8.42 Å². The zero-order chi connectivity index (χ0) is 12.7. The highest BCUT2D eigenvalue weighted by Gasteiger charge is 2.17. The lowest BCUT2D eigenvalue weighted by atomic mass is 10.1. The van der Waals surface area contributed by atoms with Gasteiger partial charge >= 0.3 is 0 Å². The lowest BCUT2D eigenvalue weighted by Gasteiger charge is -2.15. The second-order valence-corrected chi connectivity index (χ2v) is 6.68. The number of aromatic nitrogens is 1. The monoisotopic (exact) mass is 277 g/mol. The first kappa shape index (κ1) is 14.3. The van der Waals surface area contributed by atoms with Gasteiger partial charge in [-0.1, -0.05) is 13.3 Å². The van der Waals surface area contributed by atoms with E-state index in [4.69, 9.17) is 15.4 Å². The summed E-state index contributed by atoms with van der Waals surface area (Å²) >= 11 is 0. The Kier molecular flexibility index (Phi) is 5.71. The van der Waals surface area contributed by atoms with Gasteiger partial charge in [-0.15, -0.1) is 0 Å². The third-order valence-corrected chi connectivity index (χ3v) is 3.50. The van der Waals surface area contributed by atoms with Gasteiger partial charge in [0.15, 0.2) is 0 Å². The Morgan fingerprint density at radius 1 is 1.53 bits per heavy atom. The Labute approximate surface area is 106 Å². The zero-order valence-electron chi connectivity index (χ0n) is 9.67. The molecule has 0 aromatic carbocycles. The molecule has 96 valence electrons. The molecule has 0 N–H and O–H groups in total. The van der Waals surface area contributed by atoms with Crippen LogP contribution < -0.4 is 4.74 Å². The van der Waals surface area contributed by atoms with Crippen molar-refractivity contribution in [1.82, 2.24) is 4.98 Å². The molecule has 6 heteroatoms. The maximum absolute atomic E-state index is 11.0. The molecule has 0 spiro atoms. The molecule has 1 heterocycles. The number of rotatable bonds is 7. The van der Waals surface area contributed by atoms with E-state index in [1.165, 1.54) is 0 Å². The normalized spacial score (nSPS) is 13.3. The van der Waals surface area contributed by atoms with Crippen LogP contribution in [0.4, 0.5) is 0 Å². The van der Waals surface area contributed by atoms with Crippen LogP contribution in [0.5, 0.6) is 5.75 Å². The minimum atomic E-state index is -3.47. The van der Waals surface area contributed by atoms with Gasteiger partial charge in [-0.3, -0.25) is 4.98 Å². The molecule has 1 unspecified atom stereocenters. The fourth-order valence-electron chi connectivity index (χ4n) is 1.55. The van der Waals surface area contributed by atoms with E-state index in [1.54, 1.807) is 24.5 Å². The predicted octanol–water partition coefficient (Wildman–Crippen LogP) is 2.45. The Hall–Kier alpha value is -0.810. The number of ether oxygens (including phenoxy) is 1. The molecule has 17 heavy (non-hydrogen) atoms. The van der Waals surface area contributed by atoms with E-state index in [2.05, 4.69) is 4.98 Å². The molecular formula is C11H16ClNO3S. The van der Waals surface area contributed by atoms with Gasteiger partial charge in [-0.2, -0.15) is 0 Å². The van der Waals surface area contributed by atoms with Crippen molar-refractivity contribution in [2.75, 3.05) is 12.4 Å². The van der Waals surface area contributed by atoms with E-state index < -0.39 is 9.05 Å². The standard InChI is InChI=1S/C11H16ClNO3S/c1-2-4-10(9-17(12,14)15)8-16-11-5-3-6-13-7-11/h3,5-7,10H,2,4,8-9H2,1H3. The van der Waals surface area contributed by atoms with Gasteiger partial charge in [0, 0.05) is 22.8 Å². The third-order valence-electron chi connectivity index (χ3n) is 2.25. The van der Waals surface area contributed by atoms with Gasteiger partial charge in [0.1, 0.15) is 5.75 Å². The van der Waals surface area contributed by atoms with Gasteiger partial charge in [0.2, 0.25) is 9.05 Å². The lowest BCUT2D eigenvalue weighted by molar-refractivity contribution is 0.252. The molecule has 1 aromatic rings. The van der Waals surface area contributed by atoms with Crippen molar-refractivity contribution in [1.29, 1.82) is 0 Å². The molecular weight excluding hydrogens is 262 g/mol. The van der Waals surface area contributed by atoms with E-state index in [0.29, 0.717) is 12.4 Å². The fraction of sp³-hybridized carbons (Fsp3) is 0.545. The molecule has 0 saturated heterocycles. The summed E-state index contributed by atoms with van der Waals surface area (Å²) in [6.45, 7) is 2.34. The maximum Gasteiger partial charge on any atom is 0.232 e. The topological polar surface area (TPSA) is 56.3 Å². The number of halogens is 1. The zero-order valence-corrected chi connectivity index (χ0v) is 11.2. The van der Waals surface area contributed by atoms with Crippen LogP contribution in [0, 0.1) is 5.92 Å². The largest absolute Gasteiger partial charge is 0.492 e. The number of nitrogens with zero attached hydrogens (tertiary/aromatic N) is 1. The van der Waals surface area contributed by atoms with Crippen molar-refractivity contribution in [3.05, 3.63) is 24.5 Å². The van der Waals surface area contributed by atoms with Gasteiger partial charge < -0.3 is 4.74 Å². The summed E-state index contributed by atoms with van der Waals surface area (Å²) in [5.41, 5.74) is 0. The first-order chi connectivity index (χ1) is 8.01. The van der Waals surface area contributed by atoms with Crippen LogP contribution in [0.2, 0.25) is 0 Å². The van der Waals surface area contributed by atoms with Crippen molar-refractivity contribution in [3.8, 4) is 5.75 Å². The van der Waals surface area contributed by atoms with Crippen LogP contribution in [0.1, 0.15) is 19.8 Å².